The summed E-state index contributed by atoms with van der Waals surface area (Å²) in [5.74, 6) is 0.143. The first-order chi connectivity index (χ1) is 8.25. The van der Waals surface area contributed by atoms with Crippen molar-refractivity contribution >= 4 is 5.97 Å². The zero-order valence-electron chi connectivity index (χ0n) is 12.3. The Morgan fingerprint density at radius 1 is 1.28 bits per heavy atom. The second-order valence-electron chi connectivity index (χ2n) is 6.80. The molecule has 2 aliphatic rings. The molecular weight excluding hydrogens is 228 g/mol. The summed E-state index contributed by atoms with van der Waals surface area (Å²) in [5, 5.41) is 0. The lowest BCUT2D eigenvalue weighted by Crippen LogP contribution is -2.67. The summed E-state index contributed by atoms with van der Waals surface area (Å²) in [6.45, 7) is 11.1. The molecule has 104 valence electrons. The van der Waals surface area contributed by atoms with Crippen LogP contribution in [0.3, 0.4) is 0 Å². The molecule has 1 heterocycles. The lowest BCUT2D eigenvalue weighted by molar-refractivity contribution is -0.259. The summed E-state index contributed by atoms with van der Waals surface area (Å²) >= 11 is 0. The van der Waals surface area contributed by atoms with E-state index in [-0.39, 0.29) is 17.0 Å². The fourth-order valence-electron chi connectivity index (χ4n) is 4.17. The van der Waals surface area contributed by atoms with Crippen molar-refractivity contribution < 1.29 is 14.3 Å². The number of carbonyl (C=O) groups excluding carboxylic acids is 1. The largest absolute Gasteiger partial charge is 0.456 e. The van der Waals surface area contributed by atoms with Crippen LogP contribution >= 0.6 is 0 Å². The van der Waals surface area contributed by atoms with Crippen molar-refractivity contribution in [2.75, 3.05) is 6.61 Å². The molecule has 0 N–H and O–H groups in total. The normalized spacial score (nSPS) is 43.1. The van der Waals surface area contributed by atoms with Crippen LogP contribution in [0.5, 0.6) is 0 Å². The summed E-state index contributed by atoms with van der Waals surface area (Å²) in [7, 11) is 0. The molecular formula is C15H26O3. The molecule has 3 unspecified atom stereocenters. The van der Waals surface area contributed by atoms with Crippen LogP contribution in [-0.4, -0.2) is 23.8 Å². The van der Waals surface area contributed by atoms with Crippen molar-refractivity contribution in [3.05, 3.63) is 0 Å². The standard InChI is InChI=1S/C15H26O3/c1-11-7-9-13(3,4)15(8-6-10-17-15)14(11,5)18-12(2)16/h11H,6-10H2,1-5H3. The topological polar surface area (TPSA) is 35.5 Å². The van der Waals surface area contributed by atoms with Gasteiger partial charge in [0.15, 0.2) is 0 Å². The van der Waals surface area contributed by atoms with E-state index in [0.29, 0.717) is 5.92 Å². The quantitative estimate of drug-likeness (QED) is 0.673. The van der Waals surface area contributed by atoms with Gasteiger partial charge in [-0.05, 0) is 43.9 Å². The number of carbonyl (C=O) groups is 1. The van der Waals surface area contributed by atoms with Crippen molar-refractivity contribution in [3.63, 3.8) is 0 Å². The third-order valence-corrected chi connectivity index (χ3v) is 5.42. The first kappa shape index (κ1) is 13.9. The van der Waals surface area contributed by atoms with E-state index < -0.39 is 5.60 Å². The van der Waals surface area contributed by atoms with Crippen molar-refractivity contribution in [1.82, 2.24) is 0 Å². The first-order valence-corrected chi connectivity index (χ1v) is 7.09. The second-order valence-corrected chi connectivity index (χ2v) is 6.80. The Morgan fingerprint density at radius 2 is 1.94 bits per heavy atom. The van der Waals surface area contributed by atoms with Crippen LogP contribution in [0, 0.1) is 11.3 Å². The SMILES string of the molecule is CC(=O)OC1(C)C(C)CCC(C)(C)C12CCCO2. The molecule has 3 heteroatoms. The highest BCUT2D eigenvalue weighted by molar-refractivity contribution is 5.66. The molecule has 18 heavy (non-hydrogen) atoms. The van der Waals surface area contributed by atoms with Gasteiger partial charge >= 0.3 is 5.97 Å². The minimum Gasteiger partial charge on any atom is -0.456 e. The van der Waals surface area contributed by atoms with Crippen LogP contribution in [0.2, 0.25) is 0 Å². The third-order valence-electron chi connectivity index (χ3n) is 5.42. The van der Waals surface area contributed by atoms with E-state index in [2.05, 4.69) is 27.7 Å². The molecule has 1 saturated carbocycles. The highest BCUT2D eigenvalue weighted by Gasteiger charge is 2.65. The van der Waals surface area contributed by atoms with Gasteiger partial charge in [0.1, 0.15) is 11.2 Å². The Bertz CT molecular complexity index is 342. The van der Waals surface area contributed by atoms with Gasteiger partial charge < -0.3 is 9.47 Å². The molecule has 0 aromatic rings. The highest BCUT2D eigenvalue weighted by Crippen LogP contribution is 2.59. The van der Waals surface area contributed by atoms with Gasteiger partial charge in [0.05, 0.1) is 0 Å². The Hall–Kier alpha value is -0.570. The molecule has 2 fully saturated rings. The average Bonchev–Trinajstić information content (AvgIpc) is 2.73. The van der Waals surface area contributed by atoms with E-state index >= 15 is 0 Å². The number of rotatable bonds is 1. The number of hydrogen-bond acceptors (Lipinski definition) is 3. The van der Waals surface area contributed by atoms with Crippen molar-refractivity contribution in [3.8, 4) is 0 Å². The molecule has 1 aliphatic heterocycles. The lowest BCUT2D eigenvalue weighted by Gasteiger charge is -2.59. The van der Waals surface area contributed by atoms with Gasteiger partial charge in [0.2, 0.25) is 0 Å². The Labute approximate surface area is 110 Å². The molecule has 2 rings (SSSR count). The monoisotopic (exact) mass is 254 g/mol. The van der Waals surface area contributed by atoms with Crippen LogP contribution in [0.4, 0.5) is 0 Å². The number of hydrogen-bond donors (Lipinski definition) is 0. The smallest absolute Gasteiger partial charge is 0.303 e. The van der Waals surface area contributed by atoms with Gasteiger partial charge in [-0.15, -0.1) is 0 Å². The van der Waals surface area contributed by atoms with E-state index in [1.165, 1.54) is 6.92 Å². The molecule has 3 nitrogen and oxygen atoms in total. The minimum atomic E-state index is -0.503. The van der Waals surface area contributed by atoms with Crippen molar-refractivity contribution in [2.24, 2.45) is 11.3 Å². The maximum atomic E-state index is 11.5. The van der Waals surface area contributed by atoms with Crippen molar-refractivity contribution in [1.29, 1.82) is 0 Å². The van der Waals surface area contributed by atoms with E-state index in [9.17, 15) is 4.79 Å². The Morgan fingerprint density at radius 3 is 2.44 bits per heavy atom. The van der Waals surface area contributed by atoms with Gasteiger partial charge in [-0.3, -0.25) is 4.79 Å². The van der Waals surface area contributed by atoms with Crippen LogP contribution in [-0.2, 0) is 14.3 Å². The van der Waals surface area contributed by atoms with Crippen LogP contribution in [0.1, 0.15) is 60.3 Å². The second kappa shape index (κ2) is 4.22. The molecule has 3 atom stereocenters. The van der Waals surface area contributed by atoms with E-state index in [1.807, 2.05) is 0 Å². The zero-order valence-corrected chi connectivity index (χ0v) is 12.3. The maximum Gasteiger partial charge on any atom is 0.303 e. The number of ether oxygens (including phenoxy) is 2. The molecule has 1 aliphatic carbocycles. The summed E-state index contributed by atoms with van der Waals surface area (Å²) < 4.78 is 12.0. The van der Waals surface area contributed by atoms with Crippen LogP contribution in [0.25, 0.3) is 0 Å². The van der Waals surface area contributed by atoms with Gasteiger partial charge in [-0.1, -0.05) is 20.8 Å². The summed E-state index contributed by atoms with van der Waals surface area (Å²) in [5.41, 5.74) is -0.763. The Kier molecular flexibility index (Phi) is 3.25. The molecule has 0 bridgehead atoms. The van der Waals surface area contributed by atoms with Gasteiger partial charge in [-0.25, -0.2) is 0 Å². The summed E-state index contributed by atoms with van der Waals surface area (Å²) in [6, 6.07) is 0. The molecule has 1 saturated heterocycles. The van der Waals surface area contributed by atoms with Crippen LogP contribution < -0.4 is 0 Å². The summed E-state index contributed by atoms with van der Waals surface area (Å²) in [4.78, 5) is 11.5. The van der Waals surface area contributed by atoms with Gasteiger partial charge in [0, 0.05) is 13.5 Å². The Balaban J connectivity index is 2.46. The fraction of sp³-hybridized carbons (Fsp3) is 0.933. The van der Waals surface area contributed by atoms with Gasteiger partial charge in [0.25, 0.3) is 0 Å². The predicted molar refractivity (Wildman–Crippen MR) is 70.3 cm³/mol. The summed E-state index contributed by atoms with van der Waals surface area (Å²) in [6.07, 6.45) is 4.27. The average molecular weight is 254 g/mol. The third kappa shape index (κ3) is 1.70. The van der Waals surface area contributed by atoms with Crippen molar-refractivity contribution in [2.45, 2.75) is 71.5 Å². The van der Waals surface area contributed by atoms with E-state index in [0.717, 1.165) is 32.3 Å². The van der Waals surface area contributed by atoms with Crippen LogP contribution in [0.15, 0.2) is 0 Å². The lowest BCUT2D eigenvalue weighted by atomic mass is 9.54. The predicted octanol–water partition coefficient (Wildman–Crippen LogP) is 3.31. The van der Waals surface area contributed by atoms with E-state index in [1.54, 1.807) is 0 Å². The minimum absolute atomic E-state index is 0.0558. The fourth-order valence-corrected chi connectivity index (χ4v) is 4.17. The zero-order chi connectivity index (χ0) is 13.6. The highest BCUT2D eigenvalue weighted by atomic mass is 16.6. The molecule has 0 amide bonds. The first-order valence-electron chi connectivity index (χ1n) is 7.09. The molecule has 0 aromatic carbocycles. The molecule has 1 spiro atoms. The molecule has 0 aromatic heterocycles. The van der Waals surface area contributed by atoms with E-state index in [4.69, 9.17) is 9.47 Å². The molecule has 0 radical (unpaired) electrons. The maximum absolute atomic E-state index is 11.5. The number of esters is 1. The van der Waals surface area contributed by atoms with Gasteiger partial charge in [-0.2, -0.15) is 0 Å².